The van der Waals surface area contributed by atoms with Gasteiger partial charge in [-0.3, -0.25) is 4.79 Å². The predicted molar refractivity (Wildman–Crippen MR) is 105 cm³/mol. The largest absolute Gasteiger partial charge is 0.481 e. The van der Waals surface area contributed by atoms with Gasteiger partial charge in [-0.05, 0) is 34.9 Å². The normalized spacial score (nSPS) is 10.9. The number of hydrogen-bond donors (Lipinski definition) is 1. The molecule has 0 radical (unpaired) electrons. The molecule has 0 aliphatic heterocycles. The van der Waals surface area contributed by atoms with E-state index in [9.17, 15) is 4.79 Å². The van der Waals surface area contributed by atoms with Gasteiger partial charge in [0, 0.05) is 19.2 Å². The van der Waals surface area contributed by atoms with Crippen LogP contribution in [-0.2, 0) is 7.05 Å². The molecule has 1 aromatic heterocycles. The standard InChI is InChI=1S/C21H25N3O2/c1-4-5-8-11-22-20(25)16-12-15-9-6-7-10-17(15)18(13-16)19-14-23-24(2)21(19)26-3/h6-7,9-10,12-14H,4-5,8,11H2,1-3H3,(H,22,25). The molecular formula is C21H25N3O2. The fourth-order valence-electron chi connectivity index (χ4n) is 3.20. The Morgan fingerprint density at radius 1 is 1.19 bits per heavy atom. The van der Waals surface area contributed by atoms with Crippen LogP contribution in [0.5, 0.6) is 5.88 Å². The first-order valence-corrected chi connectivity index (χ1v) is 9.03. The number of methoxy groups -OCH3 is 1. The zero-order valence-corrected chi connectivity index (χ0v) is 15.6. The van der Waals surface area contributed by atoms with Crippen LogP contribution in [0.15, 0.2) is 42.6 Å². The van der Waals surface area contributed by atoms with Gasteiger partial charge in [-0.15, -0.1) is 0 Å². The number of ether oxygens (including phenoxy) is 1. The highest BCUT2D eigenvalue weighted by molar-refractivity contribution is 6.05. The summed E-state index contributed by atoms with van der Waals surface area (Å²) in [6.07, 6.45) is 5.04. The molecule has 136 valence electrons. The first kappa shape index (κ1) is 18.0. The van der Waals surface area contributed by atoms with E-state index >= 15 is 0 Å². The maximum absolute atomic E-state index is 12.6. The minimum atomic E-state index is -0.0454. The van der Waals surface area contributed by atoms with Crippen molar-refractivity contribution < 1.29 is 9.53 Å². The van der Waals surface area contributed by atoms with E-state index in [0.717, 1.165) is 41.2 Å². The Bertz CT molecular complexity index is 915. The summed E-state index contributed by atoms with van der Waals surface area (Å²) in [4.78, 5) is 12.6. The number of nitrogens with one attached hydrogen (secondary N) is 1. The molecule has 0 aliphatic carbocycles. The molecule has 0 fully saturated rings. The highest BCUT2D eigenvalue weighted by atomic mass is 16.5. The molecule has 1 heterocycles. The quantitative estimate of drug-likeness (QED) is 0.650. The summed E-state index contributed by atoms with van der Waals surface area (Å²) >= 11 is 0. The van der Waals surface area contributed by atoms with E-state index in [1.54, 1.807) is 18.0 Å². The third-order valence-corrected chi connectivity index (χ3v) is 4.56. The van der Waals surface area contributed by atoms with Gasteiger partial charge in [-0.1, -0.05) is 44.0 Å². The van der Waals surface area contributed by atoms with E-state index in [1.807, 2.05) is 37.4 Å². The zero-order chi connectivity index (χ0) is 18.5. The van der Waals surface area contributed by atoms with Crippen molar-refractivity contribution in [2.24, 2.45) is 7.05 Å². The van der Waals surface area contributed by atoms with Crippen LogP contribution < -0.4 is 10.1 Å². The molecule has 2 aromatic carbocycles. The van der Waals surface area contributed by atoms with Crippen molar-refractivity contribution in [1.82, 2.24) is 15.1 Å². The van der Waals surface area contributed by atoms with Gasteiger partial charge >= 0.3 is 0 Å². The first-order chi connectivity index (χ1) is 12.7. The van der Waals surface area contributed by atoms with Crippen LogP contribution in [0.2, 0.25) is 0 Å². The van der Waals surface area contributed by atoms with Crippen molar-refractivity contribution in [3.05, 3.63) is 48.2 Å². The Morgan fingerprint density at radius 3 is 2.77 bits per heavy atom. The summed E-state index contributed by atoms with van der Waals surface area (Å²) in [6, 6.07) is 11.9. The van der Waals surface area contributed by atoms with Gasteiger partial charge in [0.1, 0.15) is 0 Å². The maximum atomic E-state index is 12.6. The monoisotopic (exact) mass is 351 g/mol. The molecule has 0 spiro atoms. The number of aromatic nitrogens is 2. The van der Waals surface area contributed by atoms with Gasteiger partial charge in [-0.2, -0.15) is 5.10 Å². The van der Waals surface area contributed by atoms with Crippen LogP contribution >= 0.6 is 0 Å². The van der Waals surface area contributed by atoms with Crippen molar-refractivity contribution in [3.8, 4) is 17.0 Å². The molecule has 0 unspecified atom stereocenters. The summed E-state index contributed by atoms with van der Waals surface area (Å²) < 4.78 is 7.21. The number of aryl methyl sites for hydroxylation is 1. The SMILES string of the molecule is CCCCCNC(=O)c1cc(-c2cnn(C)c2OC)c2ccccc2c1. The van der Waals surface area contributed by atoms with E-state index < -0.39 is 0 Å². The number of nitrogens with zero attached hydrogens (tertiary/aromatic N) is 2. The topological polar surface area (TPSA) is 56.2 Å². The predicted octanol–water partition coefficient (Wildman–Crippen LogP) is 4.17. The third kappa shape index (κ3) is 3.57. The average Bonchev–Trinajstić information content (AvgIpc) is 3.04. The van der Waals surface area contributed by atoms with Crippen molar-refractivity contribution in [3.63, 3.8) is 0 Å². The second kappa shape index (κ2) is 8.04. The van der Waals surface area contributed by atoms with Gasteiger partial charge in [0.25, 0.3) is 5.91 Å². The maximum Gasteiger partial charge on any atom is 0.251 e. The summed E-state index contributed by atoms with van der Waals surface area (Å²) in [7, 11) is 3.47. The second-order valence-corrected chi connectivity index (χ2v) is 6.40. The molecule has 3 rings (SSSR count). The van der Waals surface area contributed by atoms with E-state index in [1.165, 1.54) is 0 Å². The number of hydrogen-bond acceptors (Lipinski definition) is 3. The molecule has 0 saturated carbocycles. The number of amides is 1. The van der Waals surface area contributed by atoms with Gasteiger partial charge in [-0.25, -0.2) is 4.68 Å². The summed E-state index contributed by atoms with van der Waals surface area (Å²) in [5, 5.41) is 9.42. The fourth-order valence-corrected chi connectivity index (χ4v) is 3.20. The van der Waals surface area contributed by atoms with Gasteiger partial charge in [0.15, 0.2) is 0 Å². The van der Waals surface area contributed by atoms with Gasteiger partial charge in [0.2, 0.25) is 5.88 Å². The van der Waals surface area contributed by atoms with Crippen LogP contribution in [0, 0.1) is 0 Å². The molecule has 0 bridgehead atoms. The lowest BCUT2D eigenvalue weighted by Gasteiger charge is -2.11. The van der Waals surface area contributed by atoms with E-state index in [0.29, 0.717) is 18.0 Å². The Morgan fingerprint density at radius 2 is 2.00 bits per heavy atom. The highest BCUT2D eigenvalue weighted by Gasteiger charge is 2.17. The van der Waals surface area contributed by atoms with E-state index in [2.05, 4.69) is 23.4 Å². The van der Waals surface area contributed by atoms with Crippen molar-refractivity contribution in [2.45, 2.75) is 26.2 Å². The van der Waals surface area contributed by atoms with Crippen LogP contribution in [0.25, 0.3) is 21.9 Å². The summed E-state index contributed by atoms with van der Waals surface area (Å²) in [5.74, 6) is 0.631. The minimum absolute atomic E-state index is 0.0454. The molecule has 1 amide bonds. The lowest BCUT2D eigenvalue weighted by atomic mass is 9.96. The smallest absolute Gasteiger partial charge is 0.251 e. The van der Waals surface area contributed by atoms with Crippen LogP contribution in [0.1, 0.15) is 36.5 Å². The Balaban J connectivity index is 2.03. The summed E-state index contributed by atoms with van der Waals surface area (Å²) in [6.45, 7) is 2.85. The molecule has 0 atom stereocenters. The zero-order valence-electron chi connectivity index (χ0n) is 15.6. The average molecular weight is 351 g/mol. The molecule has 0 aliphatic rings. The summed E-state index contributed by atoms with van der Waals surface area (Å²) in [5.41, 5.74) is 2.49. The van der Waals surface area contributed by atoms with Gasteiger partial charge in [0.05, 0.1) is 18.9 Å². The lowest BCUT2D eigenvalue weighted by molar-refractivity contribution is 0.0953. The van der Waals surface area contributed by atoms with Gasteiger partial charge < -0.3 is 10.1 Å². The Hall–Kier alpha value is -2.82. The highest BCUT2D eigenvalue weighted by Crippen LogP contribution is 2.35. The molecule has 26 heavy (non-hydrogen) atoms. The number of benzene rings is 2. The lowest BCUT2D eigenvalue weighted by Crippen LogP contribution is -2.24. The molecule has 5 nitrogen and oxygen atoms in total. The molecule has 5 heteroatoms. The number of carbonyl (C=O) groups excluding carboxylic acids is 1. The van der Waals surface area contributed by atoms with Crippen molar-refractivity contribution in [1.29, 1.82) is 0 Å². The van der Waals surface area contributed by atoms with Crippen molar-refractivity contribution >= 4 is 16.7 Å². The van der Waals surface area contributed by atoms with E-state index in [-0.39, 0.29) is 5.91 Å². The number of unbranched alkanes of at least 4 members (excludes halogenated alkanes) is 2. The minimum Gasteiger partial charge on any atom is -0.481 e. The van der Waals surface area contributed by atoms with Crippen LogP contribution in [0.3, 0.4) is 0 Å². The number of fused-ring (bicyclic) bond motifs is 1. The van der Waals surface area contributed by atoms with Crippen molar-refractivity contribution in [2.75, 3.05) is 13.7 Å². The molecule has 1 N–H and O–H groups in total. The Kier molecular flexibility index (Phi) is 5.56. The number of rotatable bonds is 7. The second-order valence-electron chi connectivity index (χ2n) is 6.40. The fraction of sp³-hybridized carbons (Fsp3) is 0.333. The Labute approximate surface area is 154 Å². The van der Waals surface area contributed by atoms with Crippen LogP contribution in [0.4, 0.5) is 0 Å². The molecule has 0 saturated heterocycles. The van der Waals surface area contributed by atoms with Crippen LogP contribution in [-0.4, -0.2) is 29.3 Å². The molecular weight excluding hydrogens is 326 g/mol. The molecule has 3 aromatic rings. The first-order valence-electron chi connectivity index (χ1n) is 9.03. The third-order valence-electron chi connectivity index (χ3n) is 4.56. The van der Waals surface area contributed by atoms with E-state index in [4.69, 9.17) is 4.74 Å². The number of carbonyl (C=O) groups is 1.